The van der Waals surface area contributed by atoms with Crippen molar-refractivity contribution in [2.24, 2.45) is 22.7 Å². The largest absolute Gasteiger partial charge is 0.393 e. The first kappa shape index (κ1) is 16.0. The van der Waals surface area contributed by atoms with Crippen molar-refractivity contribution < 1.29 is 5.11 Å². The van der Waals surface area contributed by atoms with Crippen molar-refractivity contribution in [1.29, 1.82) is 0 Å². The van der Waals surface area contributed by atoms with Crippen LogP contribution in [0, 0.1) is 22.7 Å². The van der Waals surface area contributed by atoms with Crippen molar-refractivity contribution in [1.82, 2.24) is 0 Å². The minimum Gasteiger partial charge on any atom is -0.393 e. The molecule has 0 saturated heterocycles. The van der Waals surface area contributed by atoms with E-state index in [0.717, 1.165) is 12.3 Å². The van der Waals surface area contributed by atoms with Crippen LogP contribution in [0.2, 0.25) is 0 Å². The molecule has 0 spiro atoms. The number of aliphatic hydroxyl groups excluding tert-OH is 1. The summed E-state index contributed by atoms with van der Waals surface area (Å²) in [5, 5.41) is 10.4. The first-order valence-electron chi connectivity index (χ1n) is 6.66. The molecule has 0 heterocycles. The number of hydrogen-bond acceptors (Lipinski definition) is 1. The Morgan fingerprint density at radius 1 is 0.875 bits per heavy atom. The third-order valence-corrected chi connectivity index (χ3v) is 4.27. The summed E-state index contributed by atoms with van der Waals surface area (Å²) in [5.74, 6) is 1.33. The van der Waals surface area contributed by atoms with Crippen molar-refractivity contribution in [3.63, 3.8) is 0 Å². The predicted molar refractivity (Wildman–Crippen MR) is 72.5 cm³/mol. The first-order valence-corrected chi connectivity index (χ1v) is 6.66. The molecule has 0 fully saturated rings. The molecule has 98 valence electrons. The molecule has 1 N–H and O–H groups in total. The van der Waals surface area contributed by atoms with Crippen LogP contribution in [0.15, 0.2) is 0 Å². The fourth-order valence-corrected chi connectivity index (χ4v) is 2.08. The molecular weight excluding hydrogens is 196 g/mol. The van der Waals surface area contributed by atoms with E-state index in [1.54, 1.807) is 0 Å². The van der Waals surface area contributed by atoms with E-state index in [0.29, 0.717) is 5.92 Å². The van der Waals surface area contributed by atoms with Gasteiger partial charge < -0.3 is 5.11 Å². The standard InChI is InChI=1S/C15H32O/c1-11(2)9-12(3)10-13(16)15(7,8)14(4,5)6/h11-13,16H,9-10H2,1-8H3. The summed E-state index contributed by atoms with van der Waals surface area (Å²) in [6, 6.07) is 0. The first-order chi connectivity index (χ1) is 6.98. The molecule has 2 atom stereocenters. The Morgan fingerprint density at radius 2 is 1.31 bits per heavy atom. The summed E-state index contributed by atoms with van der Waals surface area (Å²) in [7, 11) is 0. The highest BCUT2D eigenvalue weighted by Gasteiger charge is 2.39. The van der Waals surface area contributed by atoms with Gasteiger partial charge in [-0.1, -0.05) is 55.4 Å². The fraction of sp³-hybridized carbons (Fsp3) is 1.00. The monoisotopic (exact) mass is 228 g/mol. The lowest BCUT2D eigenvalue weighted by atomic mass is 9.64. The van der Waals surface area contributed by atoms with Crippen molar-refractivity contribution in [2.75, 3.05) is 0 Å². The Balaban J connectivity index is 4.40. The average Bonchev–Trinajstić information content (AvgIpc) is 1.99. The third kappa shape index (κ3) is 4.45. The maximum atomic E-state index is 10.4. The van der Waals surface area contributed by atoms with E-state index in [2.05, 4.69) is 55.4 Å². The molecule has 0 aromatic carbocycles. The molecule has 0 saturated carbocycles. The zero-order valence-corrected chi connectivity index (χ0v) is 12.6. The Kier molecular flexibility index (Phi) is 5.52. The van der Waals surface area contributed by atoms with Gasteiger partial charge in [-0.25, -0.2) is 0 Å². The zero-order valence-electron chi connectivity index (χ0n) is 12.6. The Morgan fingerprint density at radius 3 is 1.62 bits per heavy atom. The van der Waals surface area contributed by atoms with Gasteiger partial charge in [0.1, 0.15) is 0 Å². The Labute approximate surface area is 103 Å². The highest BCUT2D eigenvalue weighted by Crippen LogP contribution is 2.42. The molecule has 0 bridgehead atoms. The molecule has 0 aliphatic rings. The van der Waals surface area contributed by atoms with E-state index in [-0.39, 0.29) is 16.9 Å². The lowest BCUT2D eigenvalue weighted by Crippen LogP contribution is -2.41. The Bertz CT molecular complexity index is 198. The van der Waals surface area contributed by atoms with Gasteiger partial charge in [0.2, 0.25) is 0 Å². The van der Waals surface area contributed by atoms with Gasteiger partial charge in [0.15, 0.2) is 0 Å². The van der Waals surface area contributed by atoms with E-state index in [1.165, 1.54) is 6.42 Å². The average molecular weight is 228 g/mol. The van der Waals surface area contributed by atoms with Crippen LogP contribution >= 0.6 is 0 Å². The molecule has 1 nitrogen and oxygen atoms in total. The maximum absolute atomic E-state index is 10.4. The molecule has 0 aliphatic carbocycles. The van der Waals surface area contributed by atoms with Gasteiger partial charge in [0.05, 0.1) is 6.10 Å². The molecular formula is C15H32O. The van der Waals surface area contributed by atoms with E-state index >= 15 is 0 Å². The van der Waals surface area contributed by atoms with Gasteiger partial charge in [0.25, 0.3) is 0 Å². The summed E-state index contributed by atoms with van der Waals surface area (Å²) in [6.07, 6.45) is 1.92. The van der Waals surface area contributed by atoms with Crippen LogP contribution in [-0.2, 0) is 0 Å². The van der Waals surface area contributed by atoms with Gasteiger partial charge in [-0.3, -0.25) is 0 Å². The summed E-state index contributed by atoms with van der Waals surface area (Å²) < 4.78 is 0. The molecule has 0 aromatic heterocycles. The molecule has 0 aliphatic heterocycles. The number of rotatable bonds is 5. The Hall–Kier alpha value is -0.0400. The summed E-state index contributed by atoms with van der Waals surface area (Å²) in [4.78, 5) is 0. The van der Waals surface area contributed by atoms with Crippen LogP contribution in [0.1, 0.15) is 68.2 Å². The maximum Gasteiger partial charge on any atom is 0.0598 e. The molecule has 1 heteroatoms. The lowest BCUT2D eigenvalue weighted by molar-refractivity contribution is -0.0399. The SMILES string of the molecule is CC(C)CC(C)CC(O)C(C)(C)C(C)(C)C. The molecule has 0 amide bonds. The topological polar surface area (TPSA) is 20.2 Å². The third-order valence-electron chi connectivity index (χ3n) is 4.27. The molecule has 0 rings (SSSR count). The van der Waals surface area contributed by atoms with Crippen molar-refractivity contribution in [3.05, 3.63) is 0 Å². The minimum absolute atomic E-state index is 0.0295. The number of hydrogen-bond donors (Lipinski definition) is 1. The second-order valence-electron chi connectivity index (χ2n) is 7.46. The van der Waals surface area contributed by atoms with Crippen LogP contribution in [-0.4, -0.2) is 11.2 Å². The van der Waals surface area contributed by atoms with Gasteiger partial charge in [-0.05, 0) is 35.5 Å². The molecule has 0 radical (unpaired) electrons. The van der Waals surface area contributed by atoms with Gasteiger partial charge in [0, 0.05) is 0 Å². The predicted octanol–water partition coefficient (Wildman–Crippen LogP) is 4.49. The van der Waals surface area contributed by atoms with E-state index in [4.69, 9.17) is 0 Å². The zero-order chi connectivity index (χ0) is 13.1. The van der Waals surface area contributed by atoms with Crippen LogP contribution in [0.25, 0.3) is 0 Å². The van der Waals surface area contributed by atoms with Crippen molar-refractivity contribution in [3.8, 4) is 0 Å². The van der Waals surface area contributed by atoms with E-state index in [1.807, 2.05) is 0 Å². The highest BCUT2D eigenvalue weighted by molar-refractivity contribution is 4.89. The second kappa shape index (κ2) is 5.53. The summed E-state index contributed by atoms with van der Waals surface area (Å²) >= 11 is 0. The van der Waals surface area contributed by atoms with Crippen LogP contribution in [0.5, 0.6) is 0 Å². The molecule has 0 aromatic rings. The number of aliphatic hydroxyl groups is 1. The quantitative estimate of drug-likeness (QED) is 0.735. The van der Waals surface area contributed by atoms with Crippen LogP contribution in [0.4, 0.5) is 0 Å². The van der Waals surface area contributed by atoms with Gasteiger partial charge >= 0.3 is 0 Å². The fourth-order valence-electron chi connectivity index (χ4n) is 2.08. The van der Waals surface area contributed by atoms with Crippen LogP contribution < -0.4 is 0 Å². The second-order valence-corrected chi connectivity index (χ2v) is 7.46. The minimum atomic E-state index is -0.207. The summed E-state index contributed by atoms with van der Waals surface area (Å²) in [5.41, 5.74) is 0.113. The van der Waals surface area contributed by atoms with E-state index < -0.39 is 0 Å². The highest BCUT2D eigenvalue weighted by atomic mass is 16.3. The van der Waals surface area contributed by atoms with Crippen molar-refractivity contribution in [2.45, 2.75) is 74.3 Å². The van der Waals surface area contributed by atoms with E-state index in [9.17, 15) is 5.11 Å². The van der Waals surface area contributed by atoms with Crippen LogP contribution in [0.3, 0.4) is 0 Å². The van der Waals surface area contributed by atoms with Gasteiger partial charge in [-0.2, -0.15) is 0 Å². The van der Waals surface area contributed by atoms with Gasteiger partial charge in [-0.15, -0.1) is 0 Å². The normalized spacial score (nSPS) is 17.6. The van der Waals surface area contributed by atoms with Crippen molar-refractivity contribution >= 4 is 0 Å². The molecule has 2 unspecified atom stereocenters. The molecule has 16 heavy (non-hydrogen) atoms. The smallest absolute Gasteiger partial charge is 0.0598 e. The summed E-state index contributed by atoms with van der Waals surface area (Å²) in [6.45, 7) is 17.7. The lowest BCUT2D eigenvalue weighted by Gasteiger charge is -2.43.